The van der Waals surface area contributed by atoms with Gasteiger partial charge in [0.1, 0.15) is 22.7 Å². The summed E-state index contributed by atoms with van der Waals surface area (Å²) in [7, 11) is 0. The smallest absolute Gasteiger partial charge is 0.435 e. The summed E-state index contributed by atoms with van der Waals surface area (Å²) in [5, 5.41) is 17.9. The molecule has 2 aromatic rings. The Morgan fingerprint density at radius 2 is 0.724 bits per heavy atom. The van der Waals surface area contributed by atoms with Gasteiger partial charge in [-0.2, -0.15) is 23.4 Å². The van der Waals surface area contributed by atoms with E-state index >= 15 is 0 Å². The third-order valence-corrected chi connectivity index (χ3v) is 9.23. The third-order valence-electron chi connectivity index (χ3n) is 8.87. The highest BCUT2D eigenvalue weighted by atomic mass is 32.1. The maximum absolute atomic E-state index is 13.7. The number of amides is 1. The van der Waals surface area contributed by atoms with Crippen molar-refractivity contribution >= 4 is 46.3 Å². The number of benzene rings is 2. The number of hydrogen-bond donors (Lipinski definition) is 1. The van der Waals surface area contributed by atoms with Crippen molar-refractivity contribution < 1.29 is 27.8 Å². The molecular formula is C86H26F3N5O3S. The van der Waals surface area contributed by atoms with Crippen molar-refractivity contribution in [1.29, 1.82) is 5.26 Å². The summed E-state index contributed by atoms with van der Waals surface area (Å²) in [5.41, 5.74) is -3.16. The lowest BCUT2D eigenvalue weighted by atomic mass is 10.0. The highest BCUT2D eigenvalue weighted by Gasteiger charge is 2.49. The number of anilines is 2. The molecular weight excluding hydrogens is 1240 g/mol. The summed E-state index contributed by atoms with van der Waals surface area (Å²) in [6.45, 7) is 17.2. The van der Waals surface area contributed by atoms with Crippen LogP contribution in [0.15, 0.2) is 47.5 Å². The molecule has 0 aliphatic carbocycles. The number of aliphatic imine (C=N–C) groups is 1. The van der Waals surface area contributed by atoms with Crippen molar-refractivity contribution in [2.45, 2.75) is 58.9 Å². The van der Waals surface area contributed by atoms with Crippen LogP contribution in [0.25, 0.3) is 4.85 Å². The Kier molecular flexibility index (Phi) is 37.3. The van der Waals surface area contributed by atoms with Gasteiger partial charge in [0.25, 0.3) is 0 Å². The van der Waals surface area contributed by atoms with Gasteiger partial charge in [-0.05, 0) is 138 Å². The number of carbonyl (C=O) groups excluding carboxylic acids is 1. The number of thiocarbonyl (C=S) groups is 1. The number of rotatable bonds is 2. The van der Waals surface area contributed by atoms with E-state index < -0.39 is 34.7 Å². The van der Waals surface area contributed by atoms with Gasteiger partial charge >= 0.3 is 12.3 Å². The topological polar surface area (TPSA) is 93.5 Å². The van der Waals surface area contributed by atoms with E-state index in [0.717, 1.165) is 12.1 Å². The molecule has 3 rings (SSSR count). The molecule has 0 spiro atoms. The van der Waals surface area contributed by atoms with E-state index in [1.165, 1.54) is 23.1 Å². The van der Waals surface area contributed by atoms with E-state index in [2.05, 4.69) is 365 Å². The number of phenols is 1. The van der Waals surface area contributed by atoms with Crippen molar-refractivity contribution in [2.75, 3.05) is 9.80 Å². The highest BCUT2D eigenvalue weighted by Crippen LogP contribution is 2.42. The fourth-order valence-electron chi connectivity index (χ4n) is 5.49. The molecule has 0 radical (unpaired) electrons. The van der Waals surface area contributed by atoms with Gasteiger partial charge in [0.05, 0.1) is 12.1 Å². The predicted octanol–water partition coefficient (Wildman–Crippen LogP) is 7.32. The minimum Gasteiger partial charge on any atom is -0.508 e. The SMILES string of the molecule is CC#CC#CC#CC#CC#CC#CC#CC#CC#CC#CC#CC#CC#CC#CC#CC#CC#CC#CC#CC#CC#CC#CC#CC#CC#CC#CC#CC#CC#CC#CC#N.[C-]#[N+]c1ccc(N2C(=S)N(c3ccc(O)cc3)C(C)(C)C2=NC(=O)OC(C)(C)C)cc1C(F)(F)F. The van der Waals surface area contributed by atoms with Crippen molar-refractivity contribution in [2.24, 2.45) is 4.99 Å². The van der Waals surface area contributed by atoms with Gasteiger partial charge < -0.3 is 14.7 Å². The third kappa shape index (κ3) is 36.1. The van der Waals surface area contributed by atoms with E-state index in [-0.39, 0.29) is 22.4 Å². The zero-order valence-corrected chi connectivity index (χ0v) is 52.4. The number of ether oxygens (including phenoxy) is 1. The molecule has 8 nitrogen and oxygen atoms in total. The predicted molar refractivity (Wildman–Crippen MR) is 376 cm³/mol. The van der Waals surface area contributed by atoms with Crippen molar-refractivity contribution in [3.63, 3.8) is 0 Å². The standard InChI is InChI=1S/C62H3N.C24H23F3N4O3S/c1-2-3-4-5-6-7-8-9-10-11-12-13-14-15-16-17-18-19-20-21-22-23-24-25-26-27-28-29-30-31-32-33-34-35-36-37-38-39-40-41-42-43-44-45-46-47-48-49-50-51-52-53-54-55-56-57-58-59-60-61-62-63;1-22(2,3)34-20(33)29-19-23(4,5)31(14-7-10-16(32)11-8-14)21(35)30(19)15-9-12-18(28-6)17(13-15)24(25,26)27/h1H3;7-13,32H,1-5H3. The molecule has 1 fully saturated rings. The number of nitrogens with zero attached hydrogens (tertiary/aromatic N) is 5. The maximum atomic E-state index is 13.7. The molecule has 0 saturated carbocycles. The molecule has 1 aliphatic rings. The molecule has 0 aromatic heterocycles. The summed E-state index contributed by atoms with van der Waals surface area (Å²) in [6, 6.07) is 10.8. The highest BCUT2D eigenvalue weighted by molar-refractivity contribution is 7.81. The number of aromatic hydroxyl groups is 1. The molecule has 1 heterocycles. The van der Waals surface area contributed by atoms with Crippen LogP contribution in [0, 0.1) is 373 Å². The molecule has 98 heavy (non-hydrogen) atoms. The quantitative estimate of drug-likeness (QED) is 0.192. The monoisotopic (exact) mass is 1270 g/mol. The van der Waals surface area contributed by atoms with Crippen molar-refractivity contribution in [3.8, 4) is 367 Å². The Balaban J connectivity index is 0.000000778. The average molecular weight is 1270 g/mol. The van der Waals surface area contributed by atoms with Crippen LogP contribution in [-0.2, 0) is 10.9 Å². The van der Waals surface area contributed by atoms with E-state index in [9.17, 15) is 23.1 Å². The van der Waals surface area contributed by atoms with Gasteiger partial charge in [-0.25, -0.2) is 9.64 Å². The summed E-state index contributed by atoms with van der Waals surface area (Å²) in [4.78, 5) is 22.6. The first-order chi connectivity index (χ1) is 47.5. The van der Waals surface area contributed by atoms with Crippen LogP contribution in [0.1, 0.15) is 47.1 Å². The Labute approximate surface area is 576 Å². The van der Waals surface area contributed by atoms with Crippen LogP contribution >= 0.6 is 12.2 Å². The zero-order chi connectivity index (χ0) is 71.5. The zero-order valence-electron chi connectivity index (χ0n) is 51.6. The Morgan fingerprint density at radius 3 is 0.959 bits per heavy atom. The van der Waals surface area contributed by atoms with Gasteiger partial charge in [0, 0.05) is 313 Å². The lowest BCUT2D eigenvalue weighted by Gasteiger charge is -2.31. The van der Waals surface area contributed by atoms with Gasteiger partial charge in [-0.1, -0.05) is 12.0 Å². The summed E-state index contributed by atoms with van der Waals surface area (Å²) in [6.07, 6.45) is -5.72. The minimum atomic E-state index is -4.79. The lowest BCUT2D eigenvalue weighted by Crippen LogP contribution is -2.45. The molecule has 440 valence electrons. The maximum Gasteiger partial charge on any atom is 0.435 e. The second kappa shape index (κ2) is 47.7. The van der Waals surface area contributed by atoms with E-state index in [1.54, 1.807) is 64.6 Å². The summed E-state index contributed by atoms with van der Waals surface area (Å²) >= 11 is 5.66. The van der Waals surface area contributed by atoms with Crippen molar-refractivity contribution in [1.82, 2.24) is 0 Å². The first-order valence-electron chi connectivity index (χ1n) is 26.1. The van der Waals surface area contributed by atoms with Crippen LogP contribution in [0.2, 0.25) is 0 Å². The average Bonchev–Trinajstić information content (AvgIpc) is 1.58. The Hall–Kier alpha value is -17.4. The second-order valence-corrected chi connectivity index (χ2v) is 17.4. The number of amidine groups is 1. The van der Waals surface area contributed by atoms with Crippen LogP contribution in [0.3, 0.4) is 0 Å². The first kappa shape index (κ1) is 76.7. The molecule has 1 N–H and O–H groups in total. The van der Waals surface area contributed by atoms with Crippen LogP contribution < -0.4 is 9.80 Å². The van der Waals surface area contributed by atoms with Crippen molar-refractivity contribution in [3.05, 3.63) is 59.4 Å². The van der Waals surface area contributed by atoms with E-state index in [0.29, 0.717) is 5.69 Å². The first-order valence-corrected chi connectivity index (χ1v) is 26.5. The molecule has 0 unspecified atom stereocenters. The van der Waals surface area contributed by atoms with Gasteiger partial charge in [0.15, 0.2) is 16.9 Å². The molecule has 1 amide bonds. The number of nitriles is 1. The molecule has 0 bridgehead atoms. The largest absolute Gasteiger partial charge is 0.508 e. The van der Waals surface area contributed by atoms with E-state index in [4.69, 9.17) is 28.8 Å². The fraction of sp³-hybridized carbons (Fsp3) is 0.105. The molecule has 2 aromatic carbocycles. The van der Waals surface area contributed by atoms with Crippen LogP contribution in [-0.4, -0.2) is 33.3 Å². The normalized spacial score (nSPS) is 8.60. The molecule has 1 saturated heterocycles. The Bertz CT molecular complexity index is 5920. The summed E-state index contributed by atoms with van der Waals surface area (Å²) in [5.74, 6) is 149. The van der Waals surface area contributed by atoms with E-state index in [1.807, 2.05) is 0 Å². The lowest BCUT2D eigenvalue weighted by molar-refractivity contribution is -0.136. The summed E-state index contributed by atoms with van der Waals surface area (Å²) < 4.78 is 46.4. The van der Waals surface area contributed by atoms with Gasteiger partial charge in [-0.3, -0.25) is 4.90 Å². The molecule has 12 heteroatoms. The van der Waals surface area contributed by atoms with Gasteiger partial charge in [0.2, 0.25) is 0 Å². The van der Waals surface area contributed by atoms with Gasteiger partial charge in [-0.15, -0.1) is 0 Å². The Morgan fingerprint density at radius 1 is 0.469 bits per heavy atom. The number of hydrogen-bond acceptors (Lipinski definition) is 5. The number of carbonyl (C=O) groups is 1. The number of phenolic OH excluding ortho intramolecular Hbond substituents is 1. The number of alkyl halides is 3. The fourth-order valence-corrected chi connectivity index (χ4v) is 6.01. The second-order valence-electron chi connectivity index (χ2n) is 17.0. The molecule has 0 atom stereocenters. The molecule has 1 aliphatic heterocycles. The minimum absolute atomic E-state index is 0.0146. The van der Waals surface area contributed by atoms with Crippen LogP contribution in [0.4, 0.5) is 35.0 Å². The van der Waals surface area contributed by atoms with Crippen LogP contribution in [0.5, 0.6) is 5.75 Å². The number of halogens is 3.